The van der Waals surface area contributed by atoms with Crippen molar-refractivity contribution in [3.8, 4) is 0 Å². The van der Waals surface area contributed by atoms with E-state index in [4.69, 9.17) is 17.3 Å². The Labute approximate surface area is 111 Å². The molecule has 98 valence electrons. The van der Waals surface area contributed by atoms with Crippen molar-refractivity contribution >= 4 is 17.5 Å². The minimum atomic E-state index is -0.464. The molecular formula is C13H16ClFN2O. The van der Waals surface area contributed by atoms with Gasteiger partial charge in [0, 0.05) is 18.5 Å². The molecule has 2 atom stereocenters. The predicted octanol–water partition coefficient (Wildman–Crippen LogP) is 2.49. The van der Waals surface area contributed by atoms with Crippen LogP contribution < -0.4 is 5.73 Å². The summed E-state index contributed by atoms with van der Waals surface area (Å²) in [6.07, 6.45) is 0.317. The Morgan fingerprint density at radius 2 is 2.17 bits per heavy atom. The Bertz CT molecular complexity index is 478. The van der Waals surface area contributed by atoms with Crippen molar-refractivity contribution in [3.05, 3.63) is 34.6 Å². The summed E-state index contributed by atoms with van der Waals surface area (Å²) in [5, 5.41) is 0.0581. The van der Waals surface area contributed by atoms with E-state index in [0.29, 0.717) is 6.42 Å². The molecule has 0 spiro atoms. The van der Waals surface area contributed by atoms with E-state index >= 15 is 0 Å². The zero-order valence-electron chi connectivity index (χ0n) is 10.4. The molecule has 1 heterocycles. The summed E-state index contributed by atoms with van der Waals surface area (Å²) in [7, 11) is 0. The number of hydrogen-bond donors (Lipinski definition) is 1. The molecule has 18 heavy (non-hydrogen) atoms. The first-order chi connectivity index (χ1) is 8.41. The molecule has 5 heteroatoms. The van der Waals surface area contributed by atoms with Gasteiger partial charge in [-0.15, -0.1) is 0 Å². The number of hydrogen-bond acceptors (Lipinski definition) is 2. The molecule has 0 aliphatic carbocycles. The molecule has 0 saturated carbocycles. The smallest absolute Gasteiger partial charge is 0.225 e. The van der Waals surface area contributed by atoms with Crippen molar-refractivity contribution in [3.63, 3.8) is 0 Å². The van der Waals surface area contributed by atoms with Crippen LogP contribution in [0.3, 0.4) is 0 Å². The fourth-order valence-corrected chi connectivity index (χ4v) is 2.68. The second kappa shape index (κ2) is 4.86. The molecule has 2 rings (SSSR count). The van der Waals surface area contributed by atoms with Crippen LogP contribution in [0.4, 0.5) is 4.39 Å². The molecule has 0 aromatic heterocycles. The first kappa shape index (κ1) is 13.3. The van der Waals surface area contributed by atoms with E-state index in [2.05, 4.69) is 0 Å². The van der Waals surface area contributed by atoms with Crippen molar-refractivity contribution in [2.24, 2.45) is 5.73 Å². The van der Waals surface area contributed by atoms with Crippen LogP contribution in [0.15, 0.2) is 18.2 Å². The number of benzene rings is 1. The number of nitrogens with two attached hydrogens (primary N) is 1. The third-order valence-electron chi connectivity index (χ3n) is 3.25. The monoisotopic (exact) mass is 270 g/mol. The Morgan fingerprint density at radius 3 is 2.72 bits per heavy atom. The maximum Gasteiger partial charge on any atom is 0.225 e. The summed E-state index contributed by atoms with van der Waals surface area (Å²) in [4.78, 5) is 13.6. The highest BCUT2D eigenvalue weighted by molar-refractivity contribution is 6.30. The van der Waals surface area contributed by atoms with Gasteiger partial charge in [0.05, 0.1) is 11.1 Å². The lowest BCUT2D eigenvalue weighted by molar-refractivity contribution is -0.130. The fourth-order valence-electron chi connectivity index (χ4n) is 2.49. The van der Waals surface area contributed by atoms with Crippen LogP contribution in [-0.2, 0) is 4.79 Å². The van der Waals surface area contributed by atoms with E-state index in [1.807, 2.05) is 13.8 Å². The van der Waals surface area contributed by atoms with E-state index in [1.165, 1.54) is 6.07 Å². The van der Waals surface area contributed by atoms with Gasteiger partial charge < -0.3 is 10.6 Å². The zero-order chi connectivity index (χ0) is 13.4. The van der Waals surface area contributed by atoms with Gasteiger partial charge in [0.25, 0.3) is 0 Å². The first-order valence-electron chi connectivity index (χ1n) is 5.93. The molecular weight excluding hydrogens is 255 g/mol. The molecule has 2 unspecified atom stereocenters. The Morgan fingerprint density at radius 1 is 1.50 bits per heavy atom. The largest absolute Gasteiger partial charge is 0.332 e. The quantitative estimate of drug-likeness (QED) is 0.897. The van der Waals surface area contributed by atoms with Gasteiger partial charge in [-0.05, 0) is 31.5 Å². The molecule has 1 fully saturated rings. The Kier molecular flexibility index (Phi) is 3.59. The molecule has 2 N–H and O–H groups in total. The summed E-state index contributed by atoms with van der Waals surface area (Å²) < 4.78 is 13.2. The van der Waals surface area contributed by atoms with Gasteiger partial charge in [-0.2, -0.15) is 0 Å². The lowest BCUT2D eigenvalue weighted by Crippen LogP contribution is -2.37. The van der Waals surface area contributed by atoms with E-state index in [0.717, 1.165) is 5.56 Å². The molecule has 1 aliphatic rings. The third-order valence-corrected chi connectivity index (χ3v) is 3.53. The highest BCUT2D eigenvalue weighted by atomic mass is 35.5. The predicted molar refractivity (Wildman–Crippen MR) is 68.7 cm³/mol. The van der Waals surface area contributed by atoms with Gasteiger partial charge in [0.2, 0.25) is 5.91 Å². The number of carbonyl (C=O) groups is 1. The Hall–Kier alpha value is -1.13. The van der Waals surface area contributed by atoms with E-state index in [-0.39, 0.29) is 29.1 Å². The van der Waals surface area contributed by atoms with Crippen LogP contribution in [0.2, 0.25) is 5.02 Å². The summed E-state index contributed by atoms with van der Waals surface area (Å²) in [5.41, 5.74) is 6.80. The molecule has 0 bridgehead atoms. The van der Waals surface area contributed by atoms with Crippen LogP contribution in [0.5, 0.6) is 0 Å². The summed E-state index contributed by atoms with van der Waals surface area (Å²) in [6.45, 7) is 3.88. The standard InChI is InChI=1S/C13H16ClFN2O/c1-7(2)17-12(18)6-11(16)13(17)8-3-4-10(15)9(14)5-8/h3-5,7,11,13H,6,16H2,1-2H3. The molecule has 0 radical (unpaired) electrons. The van der Waals surface area contributed by atoms with Crippen LogP contribution >= 0.6 is 11.6 Å². The second-order valence-electron chi connectivity index (χ2n) is 4.88. The molecule has 1 aliphatic heterocycles. The fraction of sp³-hybridized carbons (Fsp3) is 0.462. The minimum Gasteiger partial charge on any atom is -0.332 e. The highest BCUT2D eigenvalue weighted by Crippen LogP contribution is 2.35. The topological polar surface area (TPSA) is 46.3 Å². The number of amides is 1. The van der Waals surface area contributed by atoms with Gasteiger partial charge in [-0.1, -0.05) is 17.7 Å². The van der Waals surface area contributed by atoms with Crippen molar-refractivity contribution in [2.75, 3.05) is 0 Å². The zero-order valence-corrected chi connectivity index (χ0v) is 11.1. The average molecular weight is 271 g/mol. The number of likely N-dealkylation sites (tertiary alicyclic amines) is 1. The molecule has 1 amide bonds. The molecule has 3 nitrogen and oxygen atoms in total. The van der Waals surface area contributed by atoms with Gasteiger partial charge in [-0.25, -0.2) is 4.39 Å². The van der Waals surface area contributed by atoms with Crippen LogP contribution in [-0.4, -0.2) is 22.9 Å². The van der Waals surface area contributed by atoms with E-state index < -0.39 is 5.82 Å². The maximum absolute atomic E-state index is 13.2. The van der Waals surface area contributed by atoms with Gasteiger partial charge >= 0.3 is 0 Å². The Balaban J connectivity index is 2.40. The third kappa shape index (κ3) is 2.22. The number of rotatable bonds is 2. The summed E-state index contributed by atoms with van der Waals surface area (Å²) >= 11 is 5.78. The molecule has 1 saturated heterocycles. The van der Waals surface area contributed by atoms with Crippen LogP contribution in [0, 0.1) is 5.82 Å². The van der Waals surface area contributed by atoms with Gasteiger partial charge in [0.1, 0.15) is 5.82 Å². The SMILES string of the molecule is CC(C)N1C(=O)CC(N)C1c1ccc(F)c(Cl)c1. The highest BCUT2D eigenvalue weighted by Gasteiger charge is 2.39. The van der Waals surface area contributed by atoms with Gasteiger partial charge in [0.15, 0.2) is 0 Å². The summed E-state index contributed by atoms with van der Waals surface area (Å²) in [6, 6.07) is 4.05. The normalized spacial score (nSPS) is 24.1. The maximum atomic E-state index is 13.2. The first-order valence-corrected chi connectivity index (χ1v) is 6.31. The van der Waals surface area contributed by atoms with Crippen LogP contribution in [0.25, 0.3) is 0 Å². The van der Waals surface area contributed by atoms with Gasteiger partial charge in [-0.3, -0.25) is 4.79 Å². The minimum absolute atomic E-state index is 0.0305. The number of nitrogens with zero attached hydrogens (tertiary/aromatic N) is 1. The van der Waals surface area contributed by atoms with Crippen molar-refractivity contribution < 1.29 is 9.18 Å². The summed E-state index contributed by atoms with van der Waals surface area (Å²) in [5.74, 6) is -0.433. The van der Waals surface area contributed by atoms with Crippen molar-refractivity contribution in [1.29, 1.82) is 0 Å². The lowest BCUT2D eigenvalue weighted by Gasteiger charge is -2.30. The average Bonchev–Trinajstić information content (AvgIpc) is 2.57. The van der Waals surface area contributed by atoms with Crippen molar-refractivity contribution in [1.82, 2.24) is 4.90 Å². The lowest BCUT2D eigenvalue weighted by atomic mass is 10.00. The number of carbonyl (C=O) groups excluding carboxylic acids is 1. The second-order valence-corrected chi connectivity index (χ2v) is 5.29. The van der Waals surface area contributed by atoms with Crippen molar-refractivity contribution in [2.45, 2.75) is 38.4 Å². The van der Waals surface area contributed by atoms with E-state index in [9.17, 15) is 9.18 Å². The van der Waals surface area contributed by atoms with Crippen LogP contribution in [0.1, 0.15) is 31.9 Å². The van der Waals surface area contributed by atoms with E-state index in [1.54, 1.807) is 17.0 Å². The molecule has 1 aromatic rings. The molecule has 1 aromatic carbocycles. The number of halogens is 2.